The highest BCUT2D eigenvalue weighted by molar-refractivity contribution is 7.25. The van der Waals surface area contributed by atoms with Crippen molar-refractivity contribution in [3.8, 4) is 22.3 Å². The summed E-state index contributed by atoms with van der Waals surface area (Å²) in [6.45, 7) is 0. The number of furan rings is 1. The van der Waals surface area contributed by atoms with E-state index < -0.39 is 0 Å². The molecule has 10 aromatic rings. The molecule has 0 saturated carbocycles. The largest absolute Gasteiger partial charge is 0.455 e. The summed E-state index contributed by atoms with van der Waals surface area (Å²) in [6.07, 6.45) is 0. The minimum atomic E-state index is 0.881. The van der Waals surface area contributed by atoms with Crippen molar-refractivity contribution in [2.75, 3.05) is 4.90 Å². The van der Waals surface area contributed by atoms with Crippen LogP contribution in [0.15, 0.2) is 180 Å². The van der Waals surface area contributed by atoms with Crippen molar-refractivity contribution in [3.05, 3.63) is 176 Å². The summed E-state index contributed by atoms with van der Waals surface area (Å²) in [7, 11) is 0. The van der Waals surface area contributed by atoms with E-state index in [1.807, 2.05) is 11.3 Å². The van der Waals surface area contributed by atoms with Gasteiger partial charge in [0.25, 0.3) is 0 Å². The number of hydrogen-bond acceptors (Lipinski definition) is 3. The highest BCUT2D eigenvalue weighted by Gasteiger charge is 2.21. The summed E-state index contributed by atoms with van der Waals surface area (Å²) < 4.78 is 9.21. The van der Waals surface area contributed by atoms with E-state index in [0.717, 1.165) is 44.4 Å². The normalized spacial score (nSPS) is 11.7. The second-order valence-electron chi connectivity index (χ2n) is 12.5. The third-order valence-corrected chi connectivity index (χ3v) is 10.8. The Kier molecular flexibility index (Phi) is 6.39. The second kappa shape index (κ2) is 11.2. The lowest BCUT2D eigenvalue weighted by Crippen LogP contribution is -2.10. The highest BCUT2D eigenvalue weighted by Crippen LogP contribution is 2.46. The van der Waals surface area contributed by atoms with Crippen LogP contribution in [-0.4, -0.2) is 0 Å². The first-order chi connectivity index (χ1) is 24.3. The zero-order valence-corrected chi connectivity index (χ0v) is 27.3. The summed E-state index contributed by atoms with van der Waals surface area (Å²) in [5.74, 6) is 0. The van der Waals surface area contributed by atoms with Crippen LogP contribution in [0.4, 0.5) is 17.1 Å². The number of thiophene rings is 1. The van der Waals surface area contributed by atoms with Crippen molar-refractivity contribution < 1.29 is 4.42 Å². The van der Waals surface area contributed by atoms with Crippen molar-refractivity contribution in [2.24, 2.45) is 0 Å². The molecule has 0 aliphatic carbocycles. The maximum absolute atomic E-state index is 6.63. The van der Waals surface area contributed by atoms with Gasteiger partial charge in [-0.15, -0.1) is 11.3 Å². The molecule has 3 heteroatoms. The third-order valence-electron chi connectivity index (χ3n) is 9.68. The molecule has 0 atom stereocenters. The molecule has 0 bridgehead atoms. The predicted octanol–water partition coefficient (Wildman–Crippen LogP) is 13.9. The average molecular weight is 644 g/mol. The fraction of sp³-hybridized carbons (Fsp3) is 0. The van der Waals surface area contributed by atoms with Gasteiger partial charge in [-0.05, 0) is 76.2 Å². The van der Waals surface area contributed by atoms with Crippen LogP contribution < -0.4 is 4.90 Å². The molecule has 0 unspecified atom stereocenters. The van der Waals surface area contributed by atoms with Crippen LogP contribution in [0.5, 0.6) is 0 Å². The van der Waals surface area contributed by atoms with Crippen LogP contribution in [0.25, 0.3) is 75.1 Å². The molecule has 8 aromatic carbocycles. The molecule has 0 aliphatic rings. The maximum Gasteiger partial charge on any atom is 0.143 e. The summed E-state index contributed by atoms with van der Waals surface area (Å²) in [4.78, 5) is 2.39. The Morgan fingerprint density at radius 1 is 0.408 bits per heavy atom. The van der Waals surface area contributed by atoms with Gasteiger partial charge in [-0.2, -0.15) is 0 Å². The Bertz CT molecular complexity index is 2810. The lowest BCUT2D eigenvalue weighted by Gasteiger charge is -2.26. The van der Waals surface area contributed by atoms with Gasteiger partial charge in [-0.25, -0.2) is 0 Å². The molecule has 0 spiro atoms. The maximum atomic E-state index is 6.63. The lowest BCUT2D eigenvalue weighted by molar-refractivity contribution is 0.672. The van der Waals surface area contributed by atoms with Gasteiger partial charge >= 0.3 is 0 Å². The Labute approximate surface area is 287 Å². The van der Waals surface area contributed by atoms with Gasteiger partial charge in [-0.3, -0.25) is 0 Å². The number of benzene rings is 8. The molecule has 0 aliphatic heterocycles. The Hall–Kier alpha value is -6.16. The van der Waals surface area contributed by atoms with Crippen molar-refractivity contribution in [2.45, 2.75) is 0 Å². The summed E-state index contributed by atoms with van der Waals surface area (Å²) in [5.41, 5.74) is 9.92. The van der Waals surface area contributed by atoms with Crippen LogP contribution in [0.2, 0.25) is 0 Å². The van der Waals surface area contributed by atoms with Gasteiger partial charge in [0.2, 0.25) is 0 Å². The number of hydrogen-bond donors (Lipinski definition) is 0. The van der Waals surface area contributed by atoms with Crippen molar-refractivity contribution >= 4 is 81.3 Å². The van der Waals surface area contributed by atoms with Crippen molar-refractivity contribution in [1.29, 1.82) is 0 Å². The third kappa shape index (κ3) is 4.62. The smallest absolute Gasteiger partial charge is 0.143 e. The topological polar surface area (TPSA) is 16.4 Å². The Morgan fingerprint density at radius 2 is 1.02 bits per heavy atom. The molecule has 49 heavy (non-hydrogen) atoms. The molecule has 10 rings (SSSR count). The molecule has 2 nitrogen and oxygen atoms in total. The quantitative estimate of drug-likeness (QED) is 0.186. The number of rotatable bonds is 5. The van der Waals surface area contributed by atoms with Crippen molar-refractivity contribution in [3.63, 3.8) is 0 Å². The number of nitrogens with zero attached hydrogens (tertiary/aromatic N) is 1. The van der Waals surface area contributed by atoms with E-state index in [4.69, 9.17) is 4.42 Å². The Balaban J connectivity index is 1.14. The fourth-order valence-electron chi connectivity index (χ4n) is 7.29. The Morgan fingerprint density at radius 3 is 1.82 bits per heavy atom. The van der Waals surface area contributed by atoms with Gasteiger partial charge in [0.05, 0.1) is 11.1 Å². The molecule has 0 fully saturated rings. The monoisotopic (exact) mass is 643 g/mol. The molecule has 2 heterocycles. The van der Waals surface area contributed by atoms with Crippen molar-refractivity contribution in [1.82, 2.24) is 0 Å². The van der Waals surface area contributed by atoms with E-state index in [2.05, 4.69) is 181 Å². The minimum absolute atomic E-state index is 0.881. The first-order valence-electron chi connectivity index (χ1n) is 16.6. The van der Waals surface area contributed by atoms with Crippen LogP contribution in [0.1, 0.15) is 0 Å². The van der Waals surface area contributed by atoms with E-state index in [1.54, 1.807) is 0 Å². The minimum Gasteiger partial charge on any atom is -0.455 e. The molecule has 0 N–H and O–H groups in total. The SMILES string of the molecule is c1ccc(-c2ccc(-c3ccc(N(c4ccc5c(c4)sc4ccccc45)c4cccc5oc6c7ccccc7ccc6c45)cc3)cc2)cc1. The predicted molar refractivity (Wildman–Crippen MR) is 210 cm³/mol. The second-order valence-corrected chi connectivity index (χ2v) is 13.6. The van der Waals surface area contributed by atoms with E-state index in [-0.39, 0.29) is 0 Å². The van der Waals surface area contributed by atoms with Gasteiger partial charge < -0.3 is 9.32 Å². The summed E-state index contributed by atoms with van der Waals surface area (Å²) in [5, 5.41) is 7.13. The number of fused-ring (bicyclic) bond motifs is 8. The molecule has 0 saturated heterocycles. The van der Waals surface area contributed by atoms with Crippen LogP contribution in [-0.2, 0) is 0 Å². The molecule has 0 radical (unpaired) electrons. The van der Waals surface area contributed by atoms with E-state index in [9.17, 15) is 0 Å². The van der Waals surface area contributed by atoms with Gasteiger partial charge in [0.1, 0.15) is 11.2 Å². The first-order valence-corrected chi connectivity index (χ1v) is 17.4. The lowest BCUT2D eigenvalue weighted by atomic mass is 10.00. The molecule has 2 aromatic heterocycles. The fourth-order valence-corrected chi connectivity index (χ4v) is 8.43. The zero-order chi connectivity index (χ0) is 32.3. The standard InChI is InChI=1S/C46H29NOS/c1-2-9-30(10-3-1)31-17-19-32(20-18-31)33-21-24-35(25-22-33)47(36-26-28-39-38-13-6-7-16-43(38)49-44(39)29-36)41-14-8-15-42-45(41)40-27-23-34-11-4-5-12-37(34)46(40)48-42/h1-29H. The zero-order valence-electron chi connectivity index (χ0n) is 26.5. The van der Waals surface area contributed by atoms with Crippen LogP contribution >= 0.6 is 11.3 Å². The van der Waals surface area contributed by atoms with E-state index >= 15 is 0 Å². The highest BCUT2D eigenvalue weighted by atomic mass is 32.1. The van der Waals surface area contributed by atoms with Crippen LogP contribution in [0.3, 0.4) is 0 Å². The summed E-state index contributed by atoms with van der Waals surface area (Å²) >= 11 is 1.85. The summed E-state index contributed by atoms with van der Waals surface area (Å²) in [6, 6.07) is 63.2. The molecular formula is C46H29NOS. The average Bonchev–Trinajstić information content (AvgIpc) is 3.75. The van der Waals surface area contributed by atoms with E-state index in [1.165, 1.54) is 47.8 Å². The van der Waals surface area contributed by atoms with E-state index in [0.29, 0.717) is 0 Å². The van der Waals surface area contributed by atoms with Gasteiger partial charge in [0.15, 0.2) is 0 Å². The number of anilines is 3. The molecule has 0 amide bonds. The van der Waals surface area contributed by atoms with Crippen LogP contribution in [0, 0.1) is 0 Å². The molecule has 230 valence electrons. The molecular weight excluding hydrogens is 615 g/mol. The van der Waals surface area contributed by atoms with Gasteiger partial charge in [0, 0.05) is 42.3 Å². The first kappa shape index (κ1) is 27.9. The van der Waals surface area contributed by atoms with Gasteiger partial charge in [-0.1, -0.05) is 127 Å².